The predicted molar refractivity (Wildman–Crippen MR) is 124 cm³/mol. The Labute approximate surface area is 187 Å². The van der Waals surface area contributed by atoms with Crippen molar-refractivity contribution in [3.05, 3.63) is 39.8 Å². The molecule has 0 saturated carbocycles. The van der Waals surface area contributed by atoms with Crippen molar-refractivity contribution in [3.63, 3.8) is 0 Å². The first kappa shape index (κ1) is 24.4. The lowest BCUT2D eigenvalue weighted by atomic mass is 10.2. The van der Waals surface area contributed by atoms with Gasteiger partial charge in [-0.3, -0.25) is 0 Å². The number of aliphatic hydroxyl groups is 1. The highest BCUT2D eigenvalue weighted by atomic mass is 127. The smallest absolute Gasteiger partial charge is 0.194 e. The van der Waals surface area contributed by atoms with Gasteiger partial charge in [0.2, 0.25) is 0 Å². The van der Waals surface area contributed by atoms with Gasteiger partial charge >= 0.3 is 0 Å². The summed E-state index contributed by atoms with van der Waals surface area (Å²) in [6.45, 7) is 6.26. The quantitative estimate of drug-likeness (QED) is 0.301. The van der Waals surface area contributed by atoms with Gasteiger partial charge in [-0.25, -0.2) is 9.98 Å². The monoisotopic (exact) mass is 520 g/mol. The Kier molecular flexibility index (Phi) is 11.2. The van der Waals surface area contributed by atoms with Gasteiger partial charge in [0.1, 0.15) is 6.61 Å². The summed E-state index contributed by atoms with van der Waals surface area (Å²) >= 11 is 1.65. The number of nitrogens with zero attached hydrogens (tertiary/aromatic N) is 3. The molecule has 156 valence electrons. The molecule has 0 radical (unpaired) electrons. The number of methoxy groups -OCH3 is 1. The first-order valence-corrected chi connectivity index (χ1v) is 9.76. The number of aliphatic imine (C=N–C) groups is 1. The van der Waals surface area contributed by atoms with E-state index in [2.05, 4.69) is 20.6 Å². The summed E-state index contributed by atoms with van der Waals surface area (Å²) < 4.78 is 10.8. The number of aryl methyl sites for hydroxylation is 1. The molecule has 1 heterocycles. The minimum absolute atomic E-state index is 0. The van der Waals surface area contributed by atoms with E-state index in [4.69, 9.17) is 19.6 Å². The number of hydrogen-bond donors (Lipinski definition) is 2. The molecule has 2 N–H and O–H groups in total. The number of nitrogens with one attached hydrogen (secondary N) is 1. The summed E-state index contributed by atoms with van der Waals surface area (Å²) in [7, 11) is 3.60. The van der Waals surface area contributed by atoms with Crippen LogP contribution in [0.5, 0.6) is 11.5 Å². The molecule has 2 rings (SSSR count). The Morgan fingerprint density at radius 3 is 2.75 bits per heavy atom. The lowest BCUT2D eigenvalue weighted by Gasteiger charge is -2.21. The van der Waals surface area contributed by atoms with E-state index < -0.39 is 0 Å². The van der Waals surface area contributed by atoms with E-state index in [0.29, 0.717) is 24.6 Å². The van der Waals surface area contributed by atoms with Crippen molar-refractivity contribution in [1.29, 1.82) is 0 Å². The van der Waals surface area contributed by atoms with Gasteiger partial charge < -0.3 is 24.8 Å². The molecule has 0 bridgehead atoms. The van der Waals surface area contributed by atoms with Gasteiger partial charge in [0, 0.05) is 19.0 Å². The number of halogens is 1. The highest BCUT2D eigenvalue weighted by molar-refractivity contribution is 14.0. The topological polar surface area (TPSA) is 79.2 Å². The van der Waals surface area contributed by atoms with E-state index >= 15 is 0 Å². The third kappa shape index (κ3) is 7.44. The number of rotatable bonds is 9. The second kappa shape index (κ2) is 12.8. The fourth-order valence-electron chi connectivity index (χ4n) is 2.52. The summed E-state index contributed by atoms with van der Waals surface area (Å²) in [4.78, 5) is 11.3. The number of aromatic nitrogens is 1. The first-order valence-electron chi connectivity index (χ1n) is 8.88. The molecule has 0 aliphatic heterocycles. The Bertz CT molecular complexity index is 755. The summed E-state index contributed by atoms with van der Waals surface area (Å²) in [5, 5.41) is 15.4. The van der Waals surface area contributed by atoms with Crippen LogP contribution in [0.15, 0.2) is 28.6 Å². The van der Waals surface area contributed by atoms with E-state index in [0.717, 1.165) is 28.8 Å². The maximum atomic E-state index is 8.90. The van der Waals surface area contributed by atoms with Crippen LogP contribution < -0.4 is 14.8 Å². The third-order valence-electron chi connectivity index (χ3n) is 3.75. The summed E-state index contributed by atoms with van der Waals surface area (Å²) in [5.74, 6) is 2.07. The van der Waals surface area contributed by atoms with Crippen LogP contribution in [0.3, 0.4) is 0 Å². The molecule has 7 nitrogen and oxygen atoms in total. The Morgan fingerprint density at radius 1 is 1.36 bits per heavy atom. The molecule has 0 aliphatic carbocycles. The summed E-state index contributed by atoms with van der Waals surface area (Å²) in [6, 6.07) is 5.70. The average Bonchev–Trinajstić information content (AvgIpc) is 3.08. The number of aliphatic hydroxyl groups excluding tert-OH is 1. The van der Waals surface area contributed by atoms with Crippen LogP contribution in [0.2, 0.25) is 0 Å². The molecule has 9 heteroatoms. The first-order chi connectivity index (χ1) is 13.1. The standard InChI is InChI=1S/C19H28N4O3S.HI/c1-5-20-19(23(3)12-16-13-27-14(2)22-16)21-11-15-6-7-17(26-9-8-24)18(10-15)25-4;/h6-7,10,13,24H,5,8-9,11-12H2,1-4H3,(H,20,21);1H. The molecule has 1 aromatic carbocycles. The van der Waals surface area contributed by atoms with E-state index in [-0.39, 0.29) is 37.2 Å². The molecule has 0 atom stereocenters. The van der Waals surface area contributed by atoms with Crippen LogP contribution in [0.25, 0.3) is 0 Å². The largest absolute Gasteiger partial charge is 0.493 e. The molecule has 2 aromatic rings. The van der Waals surface area contributed by atoms with Crippen molar-refractivity contribution in [2.24, 2.45) is 4.99 Å². The van der Waals surface area contributed by atoms with Crippen LogP contribution in [0, 0.1) is 6.92 Å². The van der Waals surface area contributed by atoms with Gasteiger partial charge in [0.25, 0.3) is 0 Å². The van der Waals surface area contributed by atoms with Gasteiger partial charge in [-0.2, -0.15) is 0 Å². The minimum Gasteiger partial charge on any atom is -0.493 e. The van der Waals surface area contributed by atoms with Crippen molar-refractivity contribution < 1.29 is 14.6 Å². The molecule has 0 aliphatic rings. The number of thiazole rings is 1. The van der Waals surface area contributed by atoms with Gasteiger partial charge in [-0.05, 0) is 31.5 Å². The minimum atomic E-state index is -0.0356. The zero-order valence-electron chi connectivity index (χ0n) is 16.8. The zero-order valence-corrected chi connectivity index (χ0v) is 19.9. The van der Waals surface area contributed by atoms with E-state index in [9.17, 15) is 0 Å². The predicted octanol–water partition coefficient (Wildman–Crippen LogP) is 3.05. The lowest BCUT2D eigenvalue weighted by molar-refractivity contribution is 0.196. The van der Waals surface area contributed by atoms with Crippen molar-refractivity contribution >= 4 is 41.3 Å². The van der Waals surface area contributed by atoms with Gasteiger partial charge in [-0.15, -0.1) is 35.3 Å². The Balaban J connectivity index is 0.00000392. The van der Waals surface area contributed by atoms with Crippen molar-refractivity contribution in [3.8, 4) is 11.5 Å². The number of guanidine groups is 1. The van der Waals surface area contributed by atoms with E-state index in [1.54, 1.807) is 18.4 Å². The second-order valence-electron chi connectivity index (χ2n) is 5.94. The Hall–Kier alpha value is -1.59. The molecule has 0 fully saturated rings. The second-order valence-corrected chi connectivity index (χ2v) is 7.00. The average molecular weight is 520 g/mol. The van der Waals surface area contributed by atoms with Crippen molar-refractivity contribution in [2.75, 3.05) is 33.9 Å². The van der Waals surface area contributed by atoms with Crippen LogP contribution in [0.1, 0.15) is 23.2 Å². The van der Waals surface area contributed by atoms with Gasteiger partial charge in [0.15, 0.2) is 17.5 Å². The van der Waals surface area contributed by atoms with Crippen LogP contribution in [-0.2, 0) is 13.1 Å². The lowest BCUT2D eigenvalue weighted by Crippen LogP contribution is -2.38. The van der Waals surface area contributed by atoms with Crippen molar-refractivity contribution in [1.82, 2.24) is 15.2 Å². The fraction of sp³-hybridized carbons (Fsp3) is 0.474. The van der Waals surface area contributed by atoms with Crippen LogP contribution in [0.4, 0.5) is 0 Å². The maximum Gasteiger partial charge on any atom is 0.194 e. The molecule has 28 heavy (non-hydrogen) atoms. The summed E-state index contributed by atoms with van der Waals surface area (Å²) in [6.07, 6.45) is 0. The maximum absolute atomic E-state index is 8.90. The Morgan fingerprint density at radius 2 is 2.14 bits per heavy atom. The zero-order chi connectivity index (χ0) is 19.6. The van der Waals surface area contributed by atoms with Crippen LogP contribution in [-0.4, -0.2) is 54.9 Å². The van der Waals surface area contributed by atoms with Crippen LogP contribution >= 0.6 is 35.3 Å². The number of benzene rings is 1. The van der Waals surface area contributed by atoms with E-state index in [1.807, 2.05) is 39.1 Å². The molecular formula is C19H29IN4O3S. The third-order valence-corrected chi connectivity index (χ3v) is 4.57. The van der Waals surface area contributed by atoms with E-state index in [1.165, 1.54) is 0 Å². The number of ether oxygens (including phenoxy) is 2. The summed E-state index contributed by atoms with van der Waals surface area (Å²) in [5.41, 5.74) is 2.05. The number of hydrogen-bond acceptors (Lipinski definition) is 6. The molecule has 0 saturated heterocycles. The van der Waals surface area contributed by atoms with Gasteiger partial charge in [0.05, 0.1) is 37.5 Å². The highest BCUT2D eigenvalue weighted by Gasteiger charge is 2.10. The molecule has 1 aromatic heterocycles. The molecular weight excluding hydrogens is 491 g/mol. The highest BCUT2D eigenvalue weighted by Crippen LogP contribution is 2.28. The SMILES string of the molecule is CCNC(=NCc1ccc(OCCO)c(OC)c1)N(C)Cc1csc(C)n1.I. The van der Waals surface area contributed by atoms with Gasteiger partial charge in [-0.1, -0.05) is 6.07 Å². The fourth-order valence-corrected chi connectivity index (χ4v) is 3.12. The normalized spacial score (nSPS) is 11.0. The molecule has 0 unspecified atom stereocenters. The molecule has 0 amide bonds. The molecule has 0 spiro atoms. The van der Waals surface area contributed by atoms with Crippen molar-refractivity contribution in [2.45, 2.75) is 26.9 Å².